The molecular formula is C19H18N2O2. The zero-order valence-electron chi connectivity index (χ0n) is 13.5. The van der Waals surface area contributed by atoms with Crippen LogP contribution in [0.2, 0.25) is 0 Å². The van der Waals surface area contributed by atoms with Crippen molar-refractivity contribution in [2.45, 2.75) is 25.9 Å². The second-order valence-corrected chi connectivity index (χ2v) is 6.11. The number of nitriles is 1. The van der Waals surface area contributed by atoms with Crippen molar-refractivity contribution in [2.24, 2.45) is 0 Å². The molecule has 116 valence electrons. The predicted octanol–water partition coefficient (Wildman–Crippen LogP) is 3.87. The van der Waals surface area contributed by atoms with Gasteiger partial charge in [-0.3, -0.25) is 4.98 Å². The van der Waals surface area contributed by atoms with Crippen LogP contribution in [0.3, 0.4) is 0 Å². The topological polar surface area (TPSA) is 55.1 Å². The van der Waals surface area contributed by atoms with Crippen LogP contribution in [0.25, 0.3) is 11.6 Å². The largest absolute Gasteiger partial charge is 0.493 e. The average Bonchev–Trinajstić information content (AvgIpc) is 2.88. The smallest absolute Gasteiger partial charge is 0.165 e. The van der Waals surface area contributed by atoms with Crippen molar-refractivity contribution in [1.29, 1.82) is 5.26 Å². The number of allylic oxidation sites excluding steroid dienone is 1. The molecule has 4 heteroatoms. The number of rotatable bonds is 3. The van der Waals surface area contributed by atoms with Gasteiger partial charge in [-0.2, -0.15) is 5.26 Å². The summed E-state index contributed by atoms with van der Waals surface area (Å²) in [7, 11) is 1.64. The van der Waals surface area contributed by atoms with Gasteiger partial charge in [0, 0.05) is 24.4 Å². The molecule has 0 amide bonds. The Bertz CT molecular complexity index is 802. The van der Waals surface area contributed by atoms with Gasteiger partial charge in [0.25, 0.3) is 0 Å². The summed E-state index contributed by atoms with van der Waals surface area (Å²) in [6.45, 7) is 4.10. The third-order valence-corrected chi connectivity index (χ3v) is 3.87. The first-order valence-corrected chi connectivity index (χ1v) is 7.45. The lowest BCUT2D eigenvalue weighted by Crippen LogP contribution is -2.24. The molecule has 0 saturated carbocycles. The van der Waals surface area contributed by atoms with Crippen molar-refractivity contribution in [3.05, 3.63) is 53.3 Å². The maximum atomic E-state index is 9.50. The Balaban J connectivity index is 2.10. The summed E-state index contributed by atoms with van der Waals surface area (Å²) in [5.41, 5.74) is 3.24. The van der Waals surface area contributed by atoms with E-state index < -0.39 is 0 Å². The second-order valence-electron chi connectivity index (χ2n) is 6.11. The zero-order chi connectivity index (χ0) is 16.4. The SMILES string of the molecule is COc1ccc(C=C(C#N)c2ccncc2)c2c1OC(C)(C)C2. The number of benzene rings is 1. The molecule has 3 rings (SSSR count). The molecule has 0 atom stereocenters. The molecule has 23 heavy (non-hydrogen) atoms. The van der Waals surface area contributed by atoms with E-state index in [0.717, 1.165) is 34.6 Å². The minimum Gasteiger partial charge on any atom is -0.493 e. The average molecular weight is 306 g/mol. The summed E-state index contributed by atoms with van der Waals surface area (Å²) in [6, 6.07) is 9.79. The van der Waals surface area contributed by atoms with Crippen LogP contribution in [0, 0.1) is 11.3 Å². The lowest BCUT2D eigenvalue weighted by atomic mass is 9.95. The van der Waals surface area contributed by atoms with Crippen LogP contribution in [0.15, 0.2) is 36.7 Å². The first-order valence-electron chi connectivity index (χ1n) is 7.45. The van der Waals surface area contributed by atoms with Gasteiger partial charge in [0.15, 0.2) is 11.5 Å². The number of fused-ring (bicyclic) bond motifs is 1. The van der Waals surface area contributed by atoms with Crippen molar-refractivity contribution in [3.63, 3.8) is 0 Å². The summed E-state index contributed by atoms with van der Waals surface area (Å²) in [5.74, 6) is 1.50. The molecule has 2 aromatic rings. The molecular weight excluding hydrogens is 288 g/mol. The molecule has 0 spiro atoms. The van der Waals surface area contributed by atoms with E-state index >= 15 is 0 Å². The van der Waals surface area contributed by atoms with Crippen molar-refractivity contribution in [1.82, 2.24) is 4.98 Å². The summed E-state index contributed by atoms with van der Waals surface area (Å²) in [4.78, 5) is 4.00. The van der Waals surface area contributed by atoms with Crippen molar-refractivity contribution in [3.8, 4) is 17.6 Å². The first kappa shape index (κ1) is 15.1. The van der Waals surface area contributed by atoms with Crippen LogP contribution >= 0.6 is 0 Å². The number of nitrogens with zero attached hydrogens (tertiary/aromatic N) is 2. The van der Waals surface area contributed by atoms with Gasteiger partial charge in [0.2, 0.25) is 0 Å². The van der Waals surface area contributed by atoms with E-state index in [2.05, 4.69) is 11.1 Å². The maximum absolute atomic E-state index is 9.50. The highest BCUT2D eigenvalue weighted by Gasteiger charge is 2.34. The predicted molar refractivity (Wildman–Crippen MR) is 89.1 cm³/mol. The van der Waals surface area contributed by atoms with Gasteiger partial charge >= 0.3 is 0 Å². The van der Waals surface area contributed by atoms with E-state index in [0.29, 0.717) is 5.57 Å². The van der Waals surface area contributed by atoms with E-state index in [1.165, 1.54) is 0 Å². The molecule has 0 bridgehead atoms. The number of methoxy groups -OCH3 is 1. The van der Waals surface area contributed by atoms with E-state index in [1.807, 2.05) is 44.2 Å². The normalized spacial score (nSPS) is 15.5. The number of pyridine rings is 1. The van der Waals surface area contributed by atoms with Gasteiger partial charge < -0.3 is 9.47 Å². The third kappa shape index (κ3) is 2.91. The molecule has 0 radical (unpaired) electrons. The van der Waals surface area contributed by atoms with E-state index in [1.54, 1.807) is 19.5 Å². The van der Waals surface area contributed by atoms with E-state index in [-0.39, 0.29) is 5.60 Å². The molecule has 4 nitrogen and oxygen atoms in total. The lowest BCUT2D eigenvalue weighted by molar-refractivity contribution is 0.134. The summed E-state index contributed by atoms with van der Waals surface area (Å²) in [5, 5.41) is 9.50. The van der Waals surface area contributed by atoms with Crippen LogP contribution in [0.1, 0.15) is 30.5 Å². The summed E-state index contributed by atoms with van der Waals surface area (Å²) in [6.07, 6.45) is 6.05. The quantitative estimate of drug-likeness (QED) is 0.808. The fraction of sp³-hybridized carbons (Fsp3) is 0.263. The highest BCUT2D eigenvalue weighted by atomic mass is 16.5. The van der Waals surface area contributed by atoms with Crippen LogP contribution in [-0.4, -0.2) is 17.7 Å². The number of aromatic nitrogens is 1. The lowest BCUT2D eigenvalue weighted by Gasteiger charge is -2.17. The van der Waals surface area contributed by atoms with Crippen LogP contribution < -0.4 is 9.47 Å². The Kier molecular flexibility index (Phi) is 3.79. The van der Waals surface area contributed by atoms with Gasteiger partial charge in [-0.05, 0) is 49.2 Å². The van der Waals surface area contributed by atoms with Gasteiger partial charge in [0.1, 0.15) is 5.60 Å². The minimum atomic E-state index is -0.275. The Morgan fingerprint density at radius 1 is 1.30 bits per heavy atom. The Morgan fingerprint density at radius 2 is 2.04 bits per heavy atom. The summed E-state index contributed by atoms with van der Waals surface area (Å²) < 4.78 is 11.4. The fourth-order valence-corrected chi connectivity index (χ4v) is 2.82. The van der Waals surface area contributed by atoms with Gasteiger partial charge in [-0.1, -0.05) is 6.07 Å². The summed E-state index contributed by atoms with van der Waals surface area (Å²) >= 11 is 0. The second kappa shape index (κ2) is 5.77. The molecule has 0 fully saturated rings. The molecule has 1 aliphatic heterocycles. The first-order chi connectivity index (χ1) is 11.0. The molecule has 2 heterocycles. The Labute approximate surface area is 136 Å². The third-order valence-electron chi connectivity index (χ3n) is 3.87. The zero-order valence-corrected chi connectivity index (χ0v) is 13.5. The molecule has 0 saturated heterocycles. The number of hydrogen-bond acceptors (Lipinski definition) is 4. The molecule has 1 aromatic heterocycles. The van der Waals surface area contributed by atoms with E-state index in [4.69, 9.17) is 9.47 Å². The molecule has 0 N–H and O–H groups in total. The highest BCUT2D eigenvalue weighted by Crippen LogP contribution is 2.44. The highest BCUT2D eigenvalue weighted by molar-refractivity contribution is 5.90. The number of hydrogen-bond donors (Lipinski definition) is 0. The molecule has 0 unspecified atom stereocenters. The van der Waals surface area contributed by atoms with E-state index in [9.17, 15) is 5.26 Å². The van der Waals surface area contributed by atoms with Crippen molar-refractivity contribution in [2.75, 3.05) is 7.11 Å². The van der Waals surface area contributed by atoms with Crippen LogP contribution in [0.4, 0.5) is 0 Å². The molecule has 0 aliphatic carbocycles. The number of ether oxygens (including phenoxy) is 2. The van der Waals surface area contributed by atoms with Crippen LogP contribution in [0.5, 0.6) is 11.5 Å². The maximum Gasteiger partial charge on any atom is 0.165 e. The van der Waals surface area contributed by atoms with Gasteiger partial charge in [-0.15, -0.1) is 0 Å². The van der Waals surface area contributed by atoms with Crippen molar-refractivity contribution >= 4 is 11.6 Å². The monoisotopic (exact) mass is 306 g/mol. The Morgan fingerprint density at radius 3 is 2.70 bits per heavy atom. The molecule has 1 aliphatic rings. The van der Waals surface area contributed by atoms with Crippen molar-refractivity contribution < 1.29 is 9.47 Å². The minimum absolute atomic E-state index is 0.275. The Hall–Kier alpha value is -2.80. The fourth-order valence-electron chi connectivity index (χ4n) is 2.82. The standard InChI is InChI=1S/C19H18N2O2/c1-19(2)11-16-14(4-5-17(22-3)18(16)23-19)10-15(12-20)13-6-8-21-9-7-13/h4-10H,11H2,1-3H3. The van der Waals surface area contributed by atoms with Gasteiger partial charge in [0.05, 0.1) is 18.8 Å². The molecule has 1 aromatic carbocycles. The van der Waals surface area contributed by atoms with Crippen LogP contribution in [-0.2, 0) is 6.42 Å². The van der Waals surface area contributed by atoms with Gasteiger partial charge in [-0.25, -0.2) is 0 Å².